The largest absolute Gasteiger partial charge is 0.463 e. The molecule has 0 unspecified atom stereocenters. The molecule has 0 aliphatic heterocycles. The summed E-state index contributed by atoms with van der Waals surface area (Å²) < 4.78 is 19.0. The van der Waals surface area contributed by atoms with Crippen LogP contribution in [0.1, 0.15) is 23.6 Å². The highest BCUT2D eigenvalue weighted by Crippen LogP contribution is 2.26. The third kappa shape index (κ3) is 3.78. The van der Waals surface area contributed by atoms with Crippen LogP contribution in [0.2, 0.25) is 0 Å². The molecule has 0 radical (unpaired) electrons. The van der Waals surface area contributed by atoms with Gasteiger partial charge in [-0.15, -0.1) is 0 Å². The number of aryl methyl sites for hydroxylation is 1. The van der Waals surface area contributed by atoms with Crippen molar-refractivity contribution >= 4 is 11.5 Å². The van der Waals surface area contributed by atoms with Crippen LogP contribution in [0.3, 0.4) is 0 Å². The van der Waals surface area contributed by atoms with Gasteiger partial charge in [0.1, 0.15) is 5.82 Å². The standard InChI is InChI=1S/C18H17FO2/c1-3-21-18(20)12-16(14-10-8-13(2)9-11-14)15-6-4-5-7-17(15)19/h4-12H,3H2,1-2H3/b16-12+. The van der Waals surface area contributed by atoms with Crippen LogP contribution in [0.5, 0.6) is 0 Å². The Morgan fingerprint density at radius 2 is 1.81 bits per heavy atom. The van der Waals surface area contributed by atoms with E-state index in [4.69, 9.17) is 4.74 Å². The van der Waals surface area contributed by atoms with Gasteiger partial charge in [0.15, 0.2) is 0 Å². The Morgan fingerprint density at radius 3 is 2.43 bits per heavy atom. The fourth-order valence-electron chi connectivity index (χ4n) is 2.03. The summed E-state index contributed by atoms with van der Waals surface area (Å²) in [7, 11) is 0. The molecule has 108 valence electrons. The summed E-state index contributed by atoms with van der Waals surface area (Å²) in [6.07, 6.45) is 1.34. The van der Waals surface area contributed by atoms with Gasteiger partial charge in [0.25, 0.3) is 0 Å². The second-order valence-corrected chi connectivity index (χ2v) is 4.66. The van der Waals surface area contributed by atoms with Crippen molar-refractivity contribution in [2.75, 3.05) is 6.61 Å². The van der Waals surface area contributed by atoms with E-state index in [2.05, 4.69) is 0 Å². The molecule has 0 aromatic heterocycles. The lowest BCUT2D eigenvalue weighted by Gasteiger charge is -2.10. The van der Waals surface area contributed by atoms with E-state index in [0.29, 0.717) is 11.1 Å². The average Bonchev–Trinajstić information content (AvgIpc) is 2.47. The van der Waals surface area contributed by atoms with Crippen molar-refractivity contribution in [2.45, 2.75) is 13.8 Å². The minimum atomic E-state index is -0.476. The van der Waals surface area contributed by atoms with Crippen LogP contribution < -0.4 is 0 Å². The SMILES string of the molecule is CCOC(=O)/C=C(\c1ccc(C)cc1)c1ccccc1F. The van der Waals surface area contributed by atoms with E-state index in [1.54, 1.807) is 25.1 Å². The van der Waals surface area contributed by atoms with Crippen molar-refractivity contribution in [3.05, 3.63) is 77.1 Å². The lowest BCUT2D eigenvalue weighted by Crippen LogP contribution is -2.02. The van der Waals surface area contributed by atoms with Gasteiger partial charge in [0.2, 0.25) is 0 Å². The van der Waals surface area contributed by atoms with Gasteiger partial charge in [0.05, 0.1) is 6.61 Å². The molecule has 2 aromatic carbocycles. The van der Waals surface area contributed by atoms with Crippen LogP contribution >= 0.6 is 0 Å². The molecule has 0 aliphatic carbocycles. The Balaban J connectivity index is 2.52. The van der Waals surface area contributed by atoms with E-state index in [-0.39, 0.29) is 12.4 Å². The van der Waals surface area contributed by atoms with E-state index in [0.717, 1.165) is 11.1 Å². The molecule has 0 fully saturated rings. The van der Waals surface area contributed by atoms with Crippen LogP contribution in [0.15, 0.2) is 54.6 Å². The summed E-state index contributed by atoms with van der Waals surface area (Å²) in [4.78, 5) is 11.8. The second-order valence-electron chi connectivity index (χ2n) is 4.66. The van der Waals surface area contributed by atoms with Crippen molar-refractivity contribution in [1.82, 2.24) is 0 Å². The maximum absolute atomic E-state index is 14.0. The van der Waals surface area contributed by atoms with Gasteiger partial charge in [-0.25, -0.2) is 9.18 Å². The molecule has 0 amide bonds. The second kappa shape index (κ2) is 6.84. The van der Waals surface area contributed by atoms with Crippen molar-refractivity contribution in [2.24, 2.45) is 0 Å². The fraction of sp³-hybridized carbons (Fsp3) is 0.167. The predicted octanol–water partition coefficient (Wildman–Crippen LogP) is 4.13. The number of hydrogen-bond acceptors (Lipinski definition) is 2. The zero-order chi connectivity index (χ0) is 15.2. The van der Waals surface area contributed by atoms with Crippen LogP contribution in [0.4, 0.5) is 4.39 Å². The van der Waals surface area contributed by atoms with Gasteiger partial charge < -0.3 is 4.74 Å². The lowest BCUT2D eigenvalue weighted by molar-refractivity contribution is -0.137. The Labute approximate surface area is 123 Å². The topological polar surface area (TPSA) is 26.3 Å². The molecule has 0 atom stereocenters. The van der Waals surface area contributed by atoms with Crippen molar-refractivity contribution in [3.8, 4) is 0 Å². The number of carbonyl (C=O) groups is 1. The van der Waals surface area contributed by atoms with Crippen molar-refractivity contribution < 1.29 is 13.9 Å². The molecular formula is C18H17FO2. The molecule has 21 heavy (non-hydrogen) atoms. The number of esters is 1. The van der Waals surface area contributed by atoms with E-state index in [1.165, 1.54) is 12.1 Å². The van der Waals surface area contributed by atoms with E-state index >= 15 is 0 Å². The molecule has 0 saturated carbocycles. The fourth-order valence-corrected chi connectivity index (χ4v) is 2.03. The van der Waals surface area contributed by atoms with Gasteiger partial charge in [-0.1, -0.05) is 48.0 Å². The van der Waals surface area contributed by atoms with Crippen molar-refractivity contribution in [3.63, 3.8) is 0 Å². The Bertz CT molecular complexity index is 657. The molecule has 0 heterocycles. The molecular weight excluding hydrogens is 267 g/mol. The Hall–Kier alpha value is -2.42. The van der Waals surface area contributed by atoms with E-state index < -0.39 is 5.97 Å². The van der Waals surface area contributed by atoms with Gasteiger partial charge in [0, 0.05) is 11.6 Å². The van der Waals surface area contributed by atoms with Gasteiger partial charge in [-0.2, -0.15) is 0 Å². The zero-order valence-electron chi connectivity index (χ0n) is 12.1. The first-order valence-corrected chi connectivity index (χ1v) is 6.82. The number of hydrogen-bond donors (Lipinski definition) is 0. The van der Waals surface area contributed by atoms with Crippen molar-refractivity contribution in [1.29, 1.82) is 0 Å². The smallest absolute Gasteiger partial charge is 0.331 e. The summed E-state index contributed by atoms with van der Waals surface area (Å²) >= 11 is 0. The Kier molecular flexibility index (Phi) is 4.88. The number of ether oxygens (including phenoxy) is 1. The molecule has 0 saturated heterocycles. The highest BCUT2D eigenvalue weighted by atomic mass is 19.1. The molecule has 0 bridgehead atoms. The molecule has 3 heteroatoms. The minimum absolute atomic E-state index is 0.285. The first-order valence-electron chi connectivity index (χ1n) is 6.82. The summed E-state index contributed by atoms with van der Waals surface area (Å²) in [5.74, 6) is -0.843. The number of benzene rings is 2. The quantitative estimate of drug-likeness (QED) is 0.623. The molecule has 0 aliphatic rings. The normalized spacial score (nSPS) is 11.3. The van der Waals surface area contributed by atoms with Crippen LogP contribution in [-0.2, 0) is 9.53 Å². The summed E-state index contributed by atoms with van der Waals surface area (Å²) in [5.41, 5.74) is 2.78. The zero-order valence-corrected chi connectivity index (χ0v) is 12.1. The minimum Gasteiger partial charge on any atom is -0.463 e. The average molecular weight is 284 g/mol. The predicted molar refractivity (Wildman–Crippen MR) is 81.3 cm³/mol. The number of carbonyl (C=O) groups excluding carboxylic acids is 1. The highest BCUT2D eigenvalue weighted by molar-refractivity contribution is 5.96. The molecule has 2 aromatic rings. The molecule has 0 spiro atoms. The lowest BCUT2D eigenvalue weighted by atomic mass is 9.96. The molecule has 2 nitrogen and oxygen atoms in total. The van der Waals surface area contributed by atoms with Gasteiger partial charge in [-0.05, 0) is 31.1 Å². The maximum atomic E-state index is 14.0. The van der Waals surface area contributed by atoms with E-state index in [9.17, 15) is 9.18 Å². The summed E-state index contributed by atoms with van der Waals surface area (Å²) in [5, 5.41) is 0. The van der Waals surface area contributed by atoms with Crippen LogP contribution in [0.25, 0.3) is 5.57 Å². The third-order valence-electron chi connectivity index (χ3n) is 3.08. The third-order valence-corrected chi connectivity index (χ3v) is 3.08. The van der Waals surface area contributed by atoms with E-state index in [1.807, 2.05) is 31.2 Å². The number of rotatable bonds is 4. The first-order chi connectivity index (χ1) is 10.1. The monoisotopic (exact) mass is 284 g/mol. The first kappa shape index (κ1) is 15.0. The molecule has 0 N–H and O–H groups in total. The maximum Gasteiger partial charge on any atom is 0.331 e. The summed E-state index contributed by atoms with van der Waals surface area (Å²) in [6, 6.07) is 14.0. The highest BCUT2D eigenvalue weighted by Gasteiger charge is 2.12. The van der Waals surface area contributed by atoms with Crippen LogP contribution in [-0.4, -0.2) is 12.6 Å². The van der Waals surface area contributed by atoms with Gasteiger partial charge in [-0.3, -0.25) is 0 Å². The summed E-state index contributed by atoms with van der Waals surface area (Å²) in [6.45, 7) is 4.00. The van der Waals surface area contributed by atoms with Crippen LogP contribution in [0, 0.1) is 12.7 Å². The van der Waals surface area contributed by atoms with Gasteiger partial charge >= 0.3 is 5.97 Å². The molecule has 2 rings (SSSR count). The number of halogens is 1. The Morgan fingerprint density at radius 1 is 1.14 bits per heavy atom.